The fourth-order valence-electron chi connectivity index (χ4n) is 3.33. The van der Waals surface area contributed by atoms with Crippen molar-refractivity contribution in [3.05, 3.63) is 29.8 Å². The molecule has 1 saturated carbocycles. The van der Waals surface area contributed by atoms with Crippen LogP contribution in [0.5, 0.6) is 0 Å². The molecule has 0 aliphatic heterocycles. The van der Waals surface area contributed by atoms with Crippen LogP contribution in [0.4, 0.5) is 0 Å². The Morgan fingerprint density at radius 3 is 2.31 bits per heavy atom. The smallest absolute Gasteiger partial charge is 0.240 e. The number of sulfonamides is 1. The van der Waals surface area contributed by atoms with Gasteiger partial charge in [0.15, 0.2) is 0 Å². The predicted octanol–water partition coefficient (Wildman–Crippen LogP) is 3.35. The van der Waals surface area contributed by atoms with Crippen LogP contribution < -0.4 is 10.0 Å². The SMILES string of the molecule is CC1CCCCC1NC(=O)CCNS(=O)(=O)c1ccc(C(C)(C)C)cc1. The van der Waals surface area contributed by atoms with Crippen LogP contribution in [-0.2, 0) is 20.2 Å². The Morgan fingerprint density at radius 1 is 1.12 bits per heavy atom. The molecule has 2 rings (SSSR count). The molecule has 1 fully saturated rings. The molecular formula is C20H32N2O3S. The minimum absolute atomic E-state index is 0.0237. The minimum Gasteiger partial charge on any atom is -0.353 e. The van der Waals surface area contributed by atoms with Crippen molar-refractivity contribution in [2.24, 2.45) is 5.92 Å². The Morgan fingerprint density at radius 2 is 1.73 bits per heavy atom. The van der Waals surface area contributed by atoms with E-state index in [1.165, 1.54) is 6.42 Å². The zero-order valence-corrected chi connectivity index (χ0v) is 17.2. The number of carbonyl (C=O) groups excluding carboxylic acids is 1. The third-order valence-corrected chi connectivity index (χ3v) is 6.61. The third kappa shape index (κ3) is 5.81. The Balaban J connectivity index is 1.85. The normalized spacial score (nSPS) is 21.4. The van der Waals surface area contributed by atoms with Gasteiger partial charge >= 0.3 is 0 Å². The topological polar surface area (TPSA) is 75.3 Å². The average molecular weight is 381 g/mol. The van der Waals surface area contributed by atoms with E-state index in [9.17, 15) is 13.2 Å². The highest BCUT2D eigenvalue weighted by atomic mass is 32.2. The highest BCUT2D eigenvalue weighted by Gasteiger charge is 2.23. The molecule has 1 aromatic carbocycles. The van der Waals surface area contributed by atoms with Gasteiger partial charge in [-0.15, -0.1) is 0 Å². The molecule has 0 aromatic heterocycles. The second-order valence-electron chi connectivity index (χ2n) is 8.36. The molecule has 26 heavy (non-hydrogen) atoms. The molecular weight excluding hydrogens is 348 g/mol. The van der Waals surface area contributed by atoms with Gasteiger partial charge in [0.25, 0.3) is 0 Å². The van der Waals surface area contributed by atoms with Crippen LogP contribution in [0.3, 0.4) is 0 Å². The molecule has 6 heteroatoms. The summed E-state index contributed by atoms with van der Waals surface area (Å²) in [5.41, 5.74) is 1.06. The number of hydrogen-bond acceptors (Lipinski definition) is 3. The maximum Gasteiger partial charge on any atom is 0.240 e. The van der Waals surface area contributed by atoms with Crippen molar-refractivity contribution in [1.29, 1.82) is 0 Å². The summed E-state index contributed by atoms with van der Waals surface area (Å²) in [6.45, 7) is 8.52. The van der Waals surface area contributed by atoms with Crippen LogP contribution >= 0.6 is 0 Å². The Bertz CT molecular complexity index is 706. The van der Waals surface area contributed by atoms with Crippen molar-refractivity contribution in [2.45, 2.75) is 76.2 Å². The zero-order valence-electron chi connectivity index (χ0n) is 16.3. The molecule has 1 amide bonds. The quantitative estimate of drug-likeness (QED) is 0.795. The first-order valence-corrected chi connectivity index (χ1v) is 11.0. The standard InChI is InChI=1S/C20H32N2O3S/c1-15-7-5-6-8-18(15)22-19(23)13-14-21-26(24,25)17-11-9-16(10-12-17)20(2,3)4/h9-12,15,18,21H,5-8,13-14H2,1-4H3,(H,22,23). The fourth-order valence-corrected chi connectivity index (χ4v) is 4.36. The second-order valence-corrected chi connectivity index (χ2v) is 10.1. The minimum atomic E-state index is -3.59. The summed E-state index contributed by atoms with van der Waals surface area (Å²) >= 11 is 0. The first kappa shape index (κ1) is 20.9. The summed E-state index contributed by atoms with van der Waals surface area (Å²) in [6.07, 6.45) is 4.68. The van der Waals surface area contributed by atoms with Crippen molar-refractivity contribution < 1.29 is 13.2 Å². The van der Waals surface area contributed by atoms with E-state index in [0.29, 0.717) is 5.92 Å². The summed E-state index contributed by atoms with van der Waals surface area (Å²) in [6, 6.07) is 7.13. The molecule has 0 radical (unpaired) electrons. The van der Waals surface area contributed by atoms with Crippen LogP contribution in [0.2, 0.25) is 0 Å². The molecule has 2 N–H and O–H groups in total. The molecule has 1 aliphatic carbocycles. The van der Waals surface area contributed by atoms with Crippen LogP contribution in [0.1, 0.15) is 65.4 Å². The first-order chi connectivity index (χ1) is 12.1. The van der Waals surface area contributed by atoms with E-state index >= 15 is 0 Å². The van der Waals surface area contributed by atoms with Gasteiger partial charge < -0.3 is 5.32 Å². The van der Waals surface area contributed by atoms with Crippen LogP contribution in [0, 0.1) is 5.92 Å². The van der Waals surface area contributed by atoms with Crippen molar-refractivity contribution in [3.8, 4) is 0 Å². The van der Waals surface area contributed by atoms with Gasteiger partial charge in [-0.1, -0.05) is 52.7 Å². The molecule has 2 atom stereocenters. The Labute approximate surface area is 158 Å². The molecule has 0 bridgehead atoms. The van der Waals surface area contributed by atoms with E-state index in [-0.39, 0.29) is 35.2 Å². The van der Waals surface area contributed by atoms with Gasteiger partial charge in [0, 0.05) is 19.0 Å². The van der Waals surface area contributed by atoms with Crippen LogP contribution in [-0.4, -0.2) is 26.9 Å². The summed E-state index contributed by atoms with van der Waals surface area (Å²) in [7, 11) is -3.59. The van der Waals surface area contributed by atoms with E-state index in [1.54, 1.807) is 12.1 Å². The molecule has 0 spiro atoms. The van der Waals surface area contributed by atoms with E-state index in [2.05, 4.69) is 37.7 Å². The largest absolute Gasteiger partial charge is 0.353 e. The lowest BCUT2D eigenvalue weighted by atomic mass is 9.86. The second kappa shape index (κ2) is 8.53. The maximum absolute atomic E-state index is 12.4. The molecule has 1 aromatic rings. The van der Waals surface area contributed by atoms with Gasteiger partial charge in [0.05, 0.1) is 4.90 Å². The lowest BCUT2D eigenvalue weighted by Gasteiger charge is -2.29. The van der Waals surface area contributed by atoms with Gasteiger partial charge in [0.2, 0.25) is 15.9 Å². The third-order valence-electron chi connectivity index (χ3n) is 5.13. The van der Waals surface area contributed by atoms with Gasteiger partial charge in [-0.25, -0.2) is 13.1 Å². The van der Waals surface area contributed by atoms with E-state index < -0.39 is 10.0 Å². The van der Waals surface area contributed by atoms with Gasteiger partial charge in [0.1, 0.15) is 0 Å². The number of rotatable bonds is 6. The van der Waals surface area contributed by atoms with Crippen molar-refractivity contribution in [1.82, 2.24) is 10.0 Å². The fraction of sp³-hybridized carbons (Fsp3) is 0.650. The summed E-state index contributed by atoms with van der Waals surface area (Å²) in [4.78, 5) is 12.3. The maximum atomic E-state index is 12.4. The number of benzene rings is 1. The monoisotopic (exact) mass is 380 g/mol. The summed E-state index contributed by atoms with van der Waals surface area (Å²) < 4.78 is 27.3. The zero-order chi connectivity index (χ0) is 19.4. The number of nitrogens with one attached hydrogen (secondary N) is 2. The molecule has 146 valence electrons. The first-order valence-electron chi connectivity index (χ1n) is 9.49. The predicted molar refractivity (Wildman–Crippen MR) is 105 cm³/mol. The number of hydrogen-bond donors (Lipinski definition) is 2. The lowest BCUT2D eigenvalue weighted by molar-refractivity contribution is -0.122. The number of amides is 1. The van der Waals surface area contributed by atoms with Gasteiger partial charge in [-0.2, -0.15) is 0 Å². The average Bonchev–Trinajstić information content (AvgIpc) is 2.56. The Hall–Kier alpha value is -1.40. The van der Waals surface area contributed by atoms with Crippen LogP contribution in [0.15, 0.2) is 29.2 Å². The number of carbonyl (C=O) groups is 1. The molecule has 2 unspecified atom stereocenters. The van der Waals surface area contributed by atoms with Crippen molar-refractivity contribution in [3.63, 3.8) is 0 Å². The lowest BCUT2D eigenvalue weighted by Crippen LogP contribution is -2.42. The molecule has 1 aliphatic rings. The van der Waals surface area contributed by atoms with E-state index in [4.69, 9.17) is 0 Å². The van der Waals surface area contributed by atoms with E-state index in [0.717, 1.165) is 24.8 Å². The molecule has 0 heterocycles. The molecule has 5 nitrogen and oxygen atoms in total. The van der Waals surface area contributed by atoms with Crippen LogP contribution in [0.25, 0.3) is 0 Å². The summed E-state index contributed by atoms with van der Waals surface area (Å²) in [5, 5.41) is 3.04. The van der Waals surface area contributed by atoms with Crippen molar-refractivity contribution in [2.75, 3.05) is 6.54 Å². The van der Waals surface area contributed by atoms with Gasteiger partial charge in [-0.3, -0.25) is 4.79 Å². The van der Waals surface area contributed by atoms with Gasteiger partial charge in [-0.05, 0) is 41.9 Å². The highest BCUT2D eigenvalue weighted by molar-refractivity contribution is 7.89. The highest BCUT2D eigenvalue weighted by Crippen LogP contribution is 2.24. The molecule has 0 saturated heterocycles. The van der Waals surface area contributed by atoms with E-state index in [1.807, 2.05) is 12.1 Å². The summed E-state index contributed by atoms with van der Waals surface area (Å²) in [5.74, 6) is 0.403. The van der Waals surface area contributed by atoms with Crippen molar-refractivity contribution >= 4 is 15.9 Å². The Kier molecular flexibility index (Phi) is 6.86.